The Balaban J connectivity index is 2.22. The maximum atomic E-state index is 11.0. The summed E-state index contributed by atoms with van der Waals surface area (Å²) in [5.41, 5.74) is 1.80. The van der Waals surface area contributed by atoms with Crippen molar-refractivity contribution < 1.29 is 9.53 Å². The topological polar surface area (TPSA) is 26.3 Å². The third-order valence-electron chi connectivity index (χ3n) is 4.28. The second kappa shape index (κ2) is 3.36. The highest BCUT2D eigenvalue weighted by Crippen LogP contribution is 2.60. The maximum absolute atomic E-state index is 11.0. The lowest BCUT2D eigenvalue weighted by atomic mass is 9.47. The van der Waals surface area contributed by atoms with Gasteiger partial charge in [-0.15, -0.1) is 0 Å². The Morgan fingerprint density at radius 3 is 2.73 bits per heavy atom. The van der Waals surface area contributed by atoms with Gasteiger partial charge in [-0.1, -0.05) is 26.3 Å². The van der Waals surface area contributed by atoms with Crippen molar-refractivity contribution in [1.29, 1.82) is 0 Å². The van der Waals surface area contributed by atoms with Crippen molar-refractivity contribution >= 4 is 5.97 Å². The highest BCUT2D eigenvalue weighted by atomic mass is 16.5. The minimum atomic E-state index is -0.159. The first-order valence-electron chi connectivity index (χ1n) is 5.84. The second-order valence-electron chi connectivity index (χ2n) is 5.39. The fourth-order valence-corrected chi connectivity index (χ4v) is 3.26. The SMILES string of the molecule is CCC1=CC(OC(C)=O)C2CC1C2(C)C. The van der Waals surface area contributed by atoms with Crippen LogP contribution in [0.1, 0.15) is 40.5 Å². The summed E-state index contributed by atoms with van der Waals surface area (Å²) in [6, 6.07) is 0. The molecule has 0 radical (unpaired) electrons. The van der Waals surface area contributed by atoms with Gasteiger partial charge in [-0.25, -0.2) is 0 Å². The second-order valence-corrected chi connectivity index (χ2v) is 5.39. The van der Waals surface area contributed by atoms with Crippen LogP contribution in [0.3, 0.4) is 0 Å². The molecule has 3 rings (SSSR count). The van der Waals surface area contributed by atoms with Gasteiger partial charge in [-0.3, -0.25) is 4.79 Å². The lowest BCUT2D eigenvalue weighted by molar-refractivity contribution is -0.158. The lowest BCUT2D eigenvalue weighted by Gasteiger charge is -2.58. The van der Waals surface area contributed by atoms with Gasteiger partial charge in [0.15, 0.2) is 0 Å². The standard InChI is InChI=1S/C13H20O2/c1-5-9-6-12(15-8(2)14)11-7-10(9)13(11,3)4/h6,10-12H,5,7H2,1-4H3. The number of hydrogen-bond acceptors (Lipinski definition) is 2. The Hall–Kier alpha value is -0.790. The largest absolute Gasteiger partial charge is 0.458 e. The fourth-order valence-electron chi connectivity index (χ4n) is 3.26. The summed E-state index contributed by atoms with van der Waals surface area (Å²) in [6.07, 6.45) is 4.49. The van der Waals surface area contributed by atoms with E-state index in [1.165, 1.54) is 18.9 Å². The molecule has 1 fully saturated rings. The Morgan fingerprint density at radius 1 is 1.60 bits per heavy atom. The molecule has 3 aliphatic carbocycles. The van der Waals surface area contributed by atoms with Gasteiger partial charge >= 0.3 is 5.97 Å². The van der Waals surface area contributed by atoms with E-state index in [1.807, 2.05) is 0 Å². The van der Waals surface area contributed by atoms with E-state index in [4.69, 9.17) is 4.74 Å². The molecule has 15 heavy (non-hydrogen) atoms. The molecule has 0 spiro atoms. The van der Waals surface area contributed by atoms with E-state index in [9.17, 15) is 4.79 Å². The fraction of sp³-hybridized carbons (Fsp3) is 0.769. The van der Waals surface area contributed by atoms with Gasteiger partial charge in [-0.2, -0.15) is 0 Å². The molecule has 3 atom stereocenters. The van der Waals surface area contributed by atoms with Crippen molar-refractivity contribution in [2.75, 3.05) is 0 Å². The third-order valence-corrected chi connectivity index (χ3v) is 4.28. The van der Waals surface area contributed by atoms with Crippen LogP contribution in [0.4, 0.5) is 0 Å². The highest BCUT2D eigenvalue weighted by molar-refractivity contribution is 5.66. The van der Waals surface area contributed by atoms with Crippen LogP contribution < -0.4 is 0 Å². The number of ether oxygens (including phenoxy) is 1. The number of esters is 1. The molecule has 0 N–H and O–H groups in total. The van der Waals surface area contributed by atoms with Crippen molar-refractivity contribution in [3.8, 4) is 0 Å². The zero-order valence-electron chi connectivity index (χ0n) is 10.0. The molecule has 0 amide bonds. The van der Waals surface area contributed by atoms with Crippen LogP contribution in [0.5, 0.6) is 0 Å². The average Bonchev–Trinajstić information content (AvgIpc) is 2.15. The van der Waals surface area contributed by atoms with Crippen molar-refractivity contribution in [3.63, 3.8) is 0 Å². The van der Waals surface area contributed by atoms with Crippen LogP contribution in [0.25, 0.3) is 0 Å². The number of rotatable bonds is 2. The Labute approximate surface area is 91.7 Å². The number of allylic oxidation sites excluding steroid dienone is 1. The summed E-state index contributed by atoms with van der Waals surface area (Å²) >= 11 is 0. The molecule has 0 heterocycles. The minimum absolute atomic E-state index is 0.0254. The molecule has 0 aromatic rings. The van der Waals surface area contributed by atoms with E-state index >= 15 is 0 Å². The lowest BCUT2D eigenvalue weighted by Crippen LogP contribution is -2.55. The number of carbonyl (C=O) groups is 1. The van der Waals surface area contributed by atoms with Crippen molar-refractivity contribution in [2.24, 2.45) is 17.3 Å². The van der Waals surface area contributed by atoms with Crippen LogP contribution in [0, 0.1) is 17.3 Å². The van der Waals surface area contributed by atoms with Gasteiger partial charge in [0.2, 0.25) is 0 Å². The van der Waals surface area contributed by atoms with Gasteiger partial charge in [0.25, 0.3) is 0 Å². The molecule has 3 unspecified atom stereocenters. The first-order valence-corrected chi connectivity index (χ1v) is 5.84. The molecule has 2 nitrogen and oxygen atoms in total. The predicted octanol–water partition coefficient (Wildman–Crippen LogP) is 2.93. The molecule has 3 aliphatic rings. The van der Waals surface area contributed by atoms with Gasteiger partial charge in [-0.05, 0) is 30.3 Å². The van der Waals surface area contributed by atoms with Gasteiger partial charge in [0, 0.05) is 12.8 Å². The molecule has 1 saturated carbocycles. The zero-order chi connectivity index (χ0) is 11.2. The molecule has 2 heteroatoms. The first kappa shape index (κ1) is 10.7. The van der Waals surface area contributed by atoms with Crippen molar-refractivity contribution in [3.05, 3.63) is 11.6 Å². The van der Waals surface area contributed by atoms with Crippen LogP contribution in [-0.4, -0.2) is 12.1 Å². The molecular weight excluding hydrogens is 188 g/mol. The van der Waals surface area contributed by atoms with E-state index in [2.05, 4.69) is 26.8 Å². The number of fused-ring (bicyclic) bond motifs is 1. The van der Waals surface area contributed by atoms with E-state index in [-0.39, 0.29) is 12.1 Å². The Morgan fingerprint density at radius 2 is 2.27 bits per heavy atom. The monoisotopic (exact) mass is 208 g/mol. The minimum Gasteiger partial charge on any atom is -0.458 e. The average molecular weight is 208 g/mol. The molecule has 0 aromatic heterocycles. The van der Waals surface area contributed by atoms with Crippen LogP contribution in [0.15, 0.2) is 11.6 Å². The summed E-state index contributed by atoms with van der Waals surface area (Å²) in [4.78, 5) is 11.0. The Kier molecular flexibility index (Phi) is 2.40. The van der Waals surface area contributed by atoms with Gasteiger partial charge in [0.05, 0.1) is 0 Å². The van der Waals surface area contributed by atoms with E-state index in [0.717, 1.165) is 12.3 Å². The molecule has 0 aromatic carbocycles. The van der Waals surface area contributed by atoms with Crippen LogP contribution >= 0.6 is 0 Å². The normalized spacial score (nSPS) is 36.5. The van der Waals surface area contributed by atoms with E-state index in [1.54, 1.807) is 0 Å². The molecule has 84 valence electrons. The zero-order valence-corrected chi connectivity index (χ0v) is 10.0. The maximum Gasteiger partial charge on any atom is 0.303 e. The number of hydrogen-bond donors (Lipinski definition) is 0. The van der Waals surface area contributed by atoms with E-state index < -0.39 is 0 Å². The van der Waals surface area contributed by atoms with Gasteiger partial charge < -0.3 is 4.74 Å². The Bertz CT molecular complexity index is 314. The summed E-state index contributed by atoms with van der Waals surface area (Å²) in [5.74, 6) is 1.09. The summed E-state index contributed by atoms with van der Waals surface area (Å²) in [7, 11) is 0. The van der Waals surface area contributed by atoms with Crippen molar-refractivity contribution in [2.45, 2.75) is 46.6 Å². The van der Waals surface area contributed by atoms with Crippen LogP contribution in [0.2, 0.25) is 0 Å². The molecular formula is C13H20O2. The number of carbonyl (C=O) groups excluding carboxylic acids is 1. The first-order chi connectivity index (χ1) is 6.96. The quantitative estimate of drug-likeness (QED) is 0.515. The molecule has 0 saturated heterocycles. The van der Waals surface area contributed by atoms with E-state index in [0.29, 0.717) is 11.3 Å². The highest BCUT2D eigenvalue weighted by Gasteiger charge is 2.55. The predicted molar refractivity (Wildman–Crippen MR) is 59.3 cm³/mol. The molecule has 0 aliphatic heterocycles. The molecule has 2 bridgehead atoms. The summed E-state index contributed by atoms with van der Waals surface area (Å²) < 4.78 is 5.39. The van der Waals surface area contributed by atoms with Crippen LogP contribution in [-0.2, 0) is 9.53 Å². The van der Waals surface area contributed by atoms with Crippen molar-refractivity contribution in [1.82, 2.24) is 0 Å². The summed E-state index contributed by atoms with van der Waals surface area (Å²) in [6.45, 7) is 8.28. The smallest absolute Gasteiger partial charge is 0.303 e. The van der Waals surface area contributed by atoms with Gasteiger partial charge in [0.1, 0.15) is 6.10 Å². The third kappa shape index (κ3) is 1.51. The summed E-state index contributed by atoms with van der Waals surface area (Å²) in [5, 5.41) is 0.